The number of nitrogens with two attached hydrogens (primary N) is 1. The maximum absolute atomic E-state index is 11.4. The first-order valence-corrected chi connectivity index (χ1v) is 7.20. The summed E-state index contributed by atoms with van der Waals surface area (Å²) in [5.74, 6) is -2.47. The first-order chi connectivity index (χ1) is 10.9. The topological polar surface area (TPSA) is 136 Å². The van der Waals surface area contributed by atoms with Crippen LogP contribution in [0.15, 0.2) is 12.2 Å². The van der Waals surface area contributed by atoms with E-state index < -0.39 is 17.8 Å². The van der Waals surface area contributed by atoms with E-state index in [-0.39, 0.29) is 31.1 Å². The minimum Gasteiger partial charge on any atom is -0.370 e. The minimum atomic E-state index is -0.614. The van der Waals surface area contributed by atoms with Gasteiger partial charge in [-0.15, -0.1) is 0 Å². The van der Waals surface area contributed by atoms with E-state index in [0.717, 1.165) is 4.90 Å². The van der Waals surface area contributed by atoms with Crippen LogP contribution in [0.1, 0.15) is 38.5 Å². The lowest BCUT2D eigenvalue weighted by molar-refractivity contribution is -0.158. The zero-order valence-corrected chi connectivity index (χ0v) is 12.6. The summed E-state index contributed by atoms with van der Waals surface area (Å²) >= 11 is 0. The molecule has 1 aliphatic heterocycles. The van der Waals surface area contributed by atoms with Gasteiger partial charge in [-0.05, 0) is 12.8 Å². The number of hydrogen-bond donors (Lipinski definition) is 2. The molecule has 0 aromatic rings. The molecule has 0 aromatic carbocycles. The summed E-state index contributed by atoms with van der Waals surface area (Å²) in [6.07, 6.45) is 3.98. The number of unbranched alkanes of at least 4 members (excludes halogenated alkanes) is 2. The number of primary amides is 1. The van der Waals surface area contributed by atoms with Crippen LogP contribution in [0.4, 0.5) is 0 Å². The molecule has 1 rings (SSSR count). The van der Waals surface area contributed by atoms with Gasteiger partial charge in [0.25, 0.3) is 17.7 Å². The van der Waals surface area contributed by atoms with Gasteiger partial charge < -0.3 is 10.6 Å². The second-order valence-corrected chi connectivity index (χ2v) is 4.94. The summed E-state index contributed by atoms with van der Waals surface area (Å²) in [6.45, 7) is 0.309. The highest BCUT2D eigenvalue weighted by Crippen LogP contribution is 2.07. The zero-order chi connectivity index (χ0) is 17.2. The fourth-order valence-electron chi connectivity index (χ4n) is 1.82. The van der Waals surface area contributed by atoms with E-state index in [4.69, 9.17) is 5.73 Å². The third-order valence-corrected chi connectivity index (χ3v) is 3.04. The van der Waals surface area contributed by atoms with E-state index in [0.29, 0.717) is 25.8 Å². The lowest BCUT2D eigenvalue weighted by atomic mass is 10.2. The molecule has 0 saturated carbocycles. The molecule has 0 unspecified atom stereocenters. The highest BCUT2D eigenvalue weighted by atomic mass is 16.7. The van der Waals surface area contributed by atoms with Crippen molar-refractivity contribution in [2.75, 3.05) is 6.54 Å². The third-order valence-electron chi connectivity index (χ3n) is 3.04. The summed E-state index contributed by atoms with van der Waals surface area (Å²) in [5.41, 5.74) is 6.81. The lowest BCUT2D eigenvalue weighted by Gasteiger charge is -2.12. The maximum Gasteiger partial charge on any atom is 0.332 e. The fourth-order valence-corrected chi connectivity index (χ4v) is 1.82. The van der Waals surface area contributed by atoms with Crippen LogP contribution in [0.2, 0.25) is 0 Å². The van der Waals surface area contributed by atoms with E-state index in [9.17, 15) is 24.0 Å². The highest BCUT2D eigenvalue weighted by molar-refractivity contribution is 6.12. The van der Waals surface area contributed by atoms with Crippen molar-refractivity contribution in [2.45, 2.75) is 38.5 Å². The molecular weight excluding hydrogens is 306 g/mol. The van der Waals surface area contributed by atoms with Gasteiger partial charge in [-0.1, -0.05) is 6.42 Å². The smallest absolute Gasteiger partial charge is 0.332 e. The molecule has 0 atom stereocenters. The molecule has 0 aliphatic carbocycles. The third kappa shape index (κ3) is 7.21. The monoisotopic (exact) mass is 325 g/mol. The molecule has 1 aliphatic rings. The summed E-state index contributed by atoms with van der Waals surface area (Å²) in [7, 11) is 0. The van der Waals surface area contributed by atoms with Crippen molar-refractivity contribution in [1.29, 1.82) is 0 Å². The largest absolute Gasteiger partial charge is 0.370 e. The molecule has 3 N–H and O–H groups in total. The van der Waals surface area contributed by atoms with Gasteiger partial charge in [0.05, 0.1) is 0 Å². The highest BCUT2D eigenvalue weighted by Gasteiger charge is 2.22. The SMILES string of the molecule is NC(=O)CCC(=O)NOC(=O)CCCCCN1C(=O)C=CC1=O. The van der Waals surface area contributed by atoms with E-state index in [1.807, 2.05) is 5.48 Å². The van der Waals surface area contributed by atoms with Crippen LogP contribution >= 0.6 is 0 Å². The number of amides is 4. The second-order valence-electron chi connectivity index (χ2n) is 4.94. The van der Waals surface area contributed by atoms with Crippen LogP contribution in [-0.4, -0.2) is 41.0 Å². The molecular formula is C14H19N3O6. The van der Waals surface area contributed by atoms with Crippen LogP contribution < -0.4 is 11.2 Å². The minimum absolute atomic E-state index is 0.0935. The molecule has 0 spiro atoms. The number of nitrogens with zero attached hydrogens (tertiary/aromatic N) is 1. The number of carbonyl (C=O) groups is 5. The quantitative estimate of drug-likeness (QED) is 0.327. The Morgan fingerprint density at radius 2 is 1.65 bits per heavy atom. The number of imide groups is 1. The molecule has 0 fully saturated rings. The molecule has 0 radical (unpaired) electrons. The standard InChI is InChI=1S/C14H19N3O6/c15-10(18)5-6-11(19)16-23-14(22)4-2-1-3-9-17-12(20)7-8-13(17)21/h7-8H,1-6,9H2,(H2,15,18)(H,16,19). The Morgan fingerprint density at radius 3 is 2.26 bits per heavy atom. The molecule has 0 saturated heterocycles. The van der Waals surface area contributed by atoms with Gasteiger partial charge >= 0.3 is 5.97 Å². The zero-order valence-electron chi connectivity index (χ0n) is 12.6. The van der Waals surface area contributed by atoms with Gasteiger partial charge in [0.2, 0.25) is 5.91 Å². The van der Waals surface area contributed by atoms with E-state index in [1.165, 1.54) is 12.2 Å². The number of nitrogens with one attached hydrogen (secondary N) is 1. The first kappa shape index (κ1) is 18.3. The Kier molecular flexibility index (Phi) is 7.44. The number of carbonyl (C=O) groups excluding carboxylic acids is 5. The summed E-state index contributed by atoms with van der Waals surface area (Å²) in [5, 5.41) is 0. The van der Waals surface area contributed by atoms with Crippen molar-refractivity contribution in [2.24, 2.45) is 5.73 Å². The molecule has 0 aromatic heterocycles. The van der Waals surface area contributed by atoms with E-state index >= 15 is 0 Å². The number of hydroxylamine groups is 1. The van der Waals surface area contributed by atoms with Crippen molar-refractivity contribution in [3.8, 4) is 0 Å². The van der Waals surface area contributed by atoms with Crippen LogP contribution in [0.25, 0.3) is 0 Å². The van der Waals surface area contributed by atoms with Gasteiger partial charge in [-0.3, -0.25) is 24.1 Å². The van der Waals surface area contributed by atoms with Crippen molar-refractivity contribution < 1.29 is 28.8 Å². The average molecular weight is 325 g/mol. The predicted octanol–water partition coefficient (Wildman–Crippen LogP) is -0.688. The lowest BCUT2D eigenvalue weighted by Crippen LogP contribution is -2.30. The molecule has 126 valence electrons. The Bertz CT molecular complexity index is 511. The van der Waals surface area contributed by atoms with Gasteiger partial charge in [0.15, 0.2) is 0 Å². The van der Waals surface area contributed by atoms with Crippen molar-refractivity contribution in [1.82, 2.24) is 10.4 Å². The Labute approximate surface area is 132 Å². The molecule has 9 heteroatoms. The molecule has 23 heavy (non-hydrogen) atoms. The van der Waals surface area contributed by atoms with Crippen molar-refractivity contribution in [3.63, 3.8) is 0 Å². The molecule has 1 heterocycles. The van der Waals surface area contributed by atoms with Crippen molar-refractivity contribution >= 4 is 29.6 Å². The van der Waals surface area contributed by atoms with Crippen LogP contribution in [0.3, 0.4) is 0 Å². The summed E-state index contributed by atoms with van der Waals surface area (Å²) in [4.78, 5) is 61.2. The first-order valence-electron chi connectivity index (χ1n) is 7.20. The number of hydrogen-bond acceptors (Lipinski definition) is 6. The molecule has 4 amide bonds. The fraction of sp³-hybridized carbons (Fsp3) is 0.500. The van der Waals surface area contributed by atoms with E-state index in [1.54, 1.807) is 0 Å². The van der Waals surface area contributed by atoms with Crippen LogP contribution in [-0.2, 0) is 28.8 Å². The van der Waals surface area contributed by atoms with Crippen LogP contribution in [0, 0.1) is 0 Å². The van der Waals surface area contributed by atoms with Gasteiger partial charge in [-0.25, -0.2) is 4.79 Å². The normalized spacial score (nSPS) is 13.3. The van der Waals surface area contributed by atoms with Gasteiger partial charge in [0, 0.05) is 38.0 Å². The molecule has 0 bridgehead atoms. The van der Waals surface area contributed by atoms with Crippen molar-refractivity contribution in [3.05, 3.63) is 12.2 Å². The second kappa shape index (κ2) is 9.34. The molecule has 9 nitrogen and oxygen atoms in total. The Balaban J connectivity index is 2.04. The maximum atomic E-state index is 11.4. The summed E-state index contributed by atoms with van der Waals surface area (Å²) < 4.78 is 0. The Hall–Kier alpha value is -2.71. The predicted molar refractivity (Wildman–Crippen MR) is 77.0 cm³/mol. The summed E-state index contributed by atoms with van der Waals surface area (Å²) in [6, 6.07) is 0. The van der Waals surface area contributed by atoms with E-state index in [2.05, 4.69) is 4.84 Å². The Morgan fingerprint density at radius 1 is 1.00 bits per heavy atom. The van der Waals surface area contributed by atoms with Crippen LogP contribution in [0.5, 0.6) is 0 Å². The van der Waals surface area contributed by atoms with Gasteiger partial charge in [0.1, 0.15) is 0 Å². The number of rotatable bonds is 9. The van der Waals surface area contributed by atoms with Gasteiger partial charge in [-0.2, -0.15) is 5.48 Å². The average Bonchev–Trinajstić information content (AvgIpc) is 2.82.